The molecule has 0 saturated heterocycles. The van der Waals surface area contributed by atoms with Crippen molar-refractivity contribution in [3.8, 4) is 0 Å². The first kappa shape index (κ1) is 13.0. The fourth-order valence-corrected chi connectivity index (χ4v) is 1.29. The first-order valence-corrected chi connectivity index (χ1v) is 5.21. The summed E-state index contributed by atoms with van der Waals surface area (Å²) in [5, 5.41) is 0. The SMILES string of the molecule is CCOC(=O)/C=C(/C(=O)OC)c1ccccc1. The molecule has 0 fully saturated rings. The number of hydrogen-bond donors (Lipinski definition) is 0. The fraction of sp³-hybridized carbons (Fsp3) is 0.231. The van der Waals surface area contributed by atoms with Crippen molar-refractivity contribution in [1.82, 2.24) is 0 Å². The predicted molar refractivity (Wildman–Crippen MR) is 63.1 cm³/mol. The molecule has 0 aliphatic carbocycles. The fourth-order valence-electron chi connectivity index (χ4n) is 1.29. The lowest BCUT2D eigenvalue weighted by Crippen LogP contribution is -2.08. The van der Waals surface area contributed by atoms with E-state index in [9.17, 15) is 9.59 Å². The molecule has 0 heterocycles. The number of methoxy groups -OCH3 is 1. The number of carbonyl (C=O) groups excluding carboxylic acids is 2. The van der Waals surface area contributed by atoms with E-state index in [-0.39, 0.29) is 12.2 Å². The number of benzene rings is 1. The Bertz CT molecular complexity index is 420. The van der Waals surface area contributed by atoms with Crippen molar-refractivity contribution in [2.75, 3.05) is 13.7 Å². The van der Waals surface area contributed by atoms with Crippen LogP contribution in [0.25, 0.3) is 5.57 Å². The second-order valence-electron chi connectivity index (χ2n) is 3.17. The molecule has 0 saturated carbocycles. The maximum atomic E-state index is 11.6. The summed E-state index contributed by atoms with van der Waals surface area (Å²) in [6.45, 7) is 1.96. The summed E-state index contributed by atoms with van der Waals surface area (Å²) in [7, 11) is 1.27. The minimum Gasteiger partial charge on any atom is -0.465 e. The van der Waals surface area contributed by atoms with Crippen LogP contribution in [0.2, 0.25) is 0 Å². The van der Waals surface area contributed by atoms with Crippen molar-refractivity contribution in [1.29, 1.82) is 0 Å². The molecular formula is C13H14O4. The van der Waals surface area contributed by atoms with Gasteiger partial charge in [-0.05, 0) is 12.5 Å². The highest BCUT2D eigenvalue weighted by Gasteiger charge is 2.14. The molecule has 1 aromatic carbocycles. The Labute approximate surface area is 99.8 Å². The second kappa shape index (κ2) is 6.48. The Hall–Kier alpha value is -2.10. The van der Waals surface area contributed by atoms with Gasteiger partial charge >= 0.3 is 11.9 Å². The average Bonchev–Trinajstić information content (AvgIpc) is 2.36. The van der Waals surface area contributed by atoms with Gasteiger partial charge in [-0.2, -0.15) is 0 Å². The highest BCUT2D eigenvalue weighted by Crippen LogP contribution is 2.15. The summed E-state index contributed by atoms with van der Waals surface area (Å²) in [4.78, 5) is 22.9. The van der Waals surface area contributed by atoms with E-state index in [1.807, 2.05) is 6.07 Å². The zero-order chi connectivity index (χ0) is 12.7. The van der Waals surface area contributed by atoms with Gasteiger partial charge in [0.2, 0.25) is 0 Å². The number of rotatable bonds is 4. The van der Waals surface area contributed by atoms with Gasteiger partial charge < -0.3 is 9.47 Å². The van der Waals surface area contributed by atoms with Gasteiger partial charge in [-0.25, -0.2) is 9.59 Å². The van der Waals surface area contributed by atoms with Crippen LogP contribution in [0.1, 0.15) is 12.5 Å². The van der Waals surface area contributed by atoms with E-state index >= 15 is 0 Å². The molecule has 0 spiro atoms. The Morgan fingerprint density at radius 2 is 1.88 bits per heavy atom. The van der Waals surface area contributed by atoms with Crippen molar-refractivity contribution in [3.63, 3.8) is 0 Å². The van der Waals surface area contributed by atoms with Crippen LogP contribution in [-0.4, -0.2) is 25.7 Å². The molecule has 0 amide bonds. The number of carbonyl (C=O) groups is 2. The van der Waals surface area contributed by atoms with Gasteiger partial charge in [0.15, 0.2) is 0 Å². The summed E-state index contributed by atoms with van der Waals surface area (Å²) in [6.07, 6.45) is 1.14. The van der Waals surface area contributed by atoms with Crippen LogP contribution in [-0.2, 0) is 19.1 Å². The van der Waals surface area contributed by atoms with Gasteiger partial charge in [0.05, 0.1) is 19.3 Å². The van der Waals surface area contributed by atoms with Gasteiger partial charge in [0, 0.05) is 6.08 Å². The Morgan fingerprint density at radius 3 is 2.41 bits per heavy atom. The molecule has 4 heteroatoms. The molecule has 0 aliphatic heterocycles. The van der Waals surface area contributed by atoms with E-state index in [1.165, 1.54) is 7.11 Å². The zero-order valence-corrected chi connectivity index (χ0v) is 9.80. The van der Waals surface area contributed by atoms with Crippen LogP contribution in [0, 0.1) is 0 Å². The lowest BCUT2D eigenvalue weighted by molar-refractivity contribution is -0.138. The first-order valence-electron chi connectivity index (χ1n) is 5.21. The maximum Gasteiger partial charge on any atom is 0.338 e. The summed E-state index contributed by atoms with van der Waals surface area (Å²) < 4.78 is 9.40. The number of hydrogen-bond acceptors (Lipinski definition) is 4. The van der Waals surface area contributed by atoms with Gasteiger partial charge in [-0.1, -0.05) is 30.3 Å². The zero-order valence-electron chi connectivity index (χ0n) is 9.80. The van der Waals surface area contributed by atoms with Crippen molar-refractivity contribution in [2.45, 2.75) is 6.92 Å². The van der Waals surface area contributed by atoms with E-state index in [4.69, 9.17) is 4.74 Å². The maximum absolute atomic E-state index is 11.6. The van der Waals surface area contributed by atoms with Gasteiger partial charge in [-0.3, -0.25) is 0 Å². The lowest BCUT2D eigenvalue weighted by Gasteiger charge is -2.05. The van der Waals surface area contributed by atoms with Crippen LogP contribution in [0.15, 0.2) is 36.4 Å². The van der Waals surface area contributed by atoms with Crippen LogP contribution in [0.4, 0.5) is 0 Å². The Kier molecular flexibility index (Phi) is 4.94. The van der Waals surface area contributed by atoms with E-state index in [0.717, 1.165) is 6.08 Å². The van der Waals surface area contributed by atoms with Gasteiger partial charge in [-0.15, -0.1) is 0 Å². The van der Waals surface area contributed by atoms with E-state index in [0.29, 0.717) is 5.56 Å². The molecule has 0 bridgehead atoms. The lowest BCUT2D eigenvalue weighted by atomic mass is 10.1. The Balaban J connectivity index is 3.05. The standard InChI is InChI=1S/C13H14O4/c1-3-17-12(14)9-11(13(15)16-2)10-7-5-4-6-8-10/h4-9H,3H2,1-2H3/b11-9+. The molecular weight excluding hydrogens is 220 g/mol. The smallest absolute Gasteiger partial charge is 0.338 e. The van der Waals surface area contributed by atoms with Crippen molar-refractivity contribution < 1.29 is 19.1 Å². The molecule has 1 rings (SSSR count). The minimum atomic E-state index is -0.566. The molecule has 0 aromatic heterocycles. The molecule has 0 atom stereocenters. The predicted octanol–water partition coefficient (Wildman–Crippen LogP) is 1.81. The molecule has 0 N–H and O–H groups in total. The van der Waals surface area contributed by atoms with Crippen molar-refractivity contribution in [3.05, 3.63) is 42.0 Å². The molecule has 0 aliphatic rings. The van der Waals surface area contributed by atoms with Gasteiger partial charge in [0.25, 0.3) is 0 Å². The minimum absolute atomic E-state index is 0.187. The second-order valence-corrected chi connectivity index (χ2v) is 3.17. The summed E-state index contributed by atoms with van der Waals surface area (Å²) in [6, 6.07) is 8.82. The van der Waals surface area contributed by atoms with E-state index in [1.54, 1.807) is 31.2 Å². The molecule has 0 unspecified atom stereocenters. The third-order valence-corrected chi connectivity index (χ3v) is 2.04. The van der Waals surface area contributed by atoms with Crippen LogP contribution < -0.4 is 0 Å². The number of esters is 2. The largest absolute Gasteiger partial charge is 0.465 e. The third-order valence-electron chi connectivity index (χ3n) is 2.04. The topological polar surface area (TPSA) is 52.6 Å². The summed E-state index contributed by atoms with van der Waals surface area (Å²) in [5.74, 6) is -1.12. The van der Waals surface area contributed by atoms with Crippen LogP contribution in [0.5, 0.6) is 0 Å². The summed E-state index contributed by atoms with van der Waals surface area (Å²) in [5.41, 5.74) is 0.805. The molecule has 17 heavy (non-hydrogen) atoms. The van der Waals surface area contributed by atoms with Crippen LogP contribution in [0.3, 0.4) is 0 Å². The average molecular weight is 234 g/mol. The van der Waals surface area contributed by atoms with E-state index in [2.05, 4.69) is 4.74 Å². The monoisotopic (exact) mass is 234 g/mol. The molecule has 90 valence electrons. The highest BCUT2D eigenvalue weighted by atomic mass is 16.5. The number of ether oxygens (including phenoxy) is 2. The first-order chi connectivity index (χ1) is 8.19. The molecule has 4 nitrogen and oxygen atoms in total. The van der Waals surface area contributed by atoms with E-state index < -0.39 is 11.9 Å². The molecule has 1 aromatic rings. The quantitative estimate of drug-likeness (QED) is 0.589. The van der Waals surface area contributed by atoms with Crippen molar-refractivity contribution in [2.24, 2.45) is 0 Å². The third kappa shape index (κ3) is 3.75. The highest BCUT2D eigenvalue weighted by molar-refractivity contribution is 6.20. The summed E-state index contributed by atoms with van der Waals surface area (Å²) >= 11 is 0. The van der Waals surface area contributed by atoms with Crippen molar-refractivity contribution >= 4 is 17.5 Å². The normalized spacial score (nSPS) is 10.8. The van der Waals surface area contributed by atoms with Crippen LogP contribution >= 0.6 is 0 Å². The Morgan fingerprint density at radius 1 is 1.24 bits per heavy atom. The molecule has 0 radical (unpaired) electrons. The van der Waals surface area contributed by atoms with Gasteiger partial charge in [0.1, 0.15) is 0 Å².